The zero-order valence-corrected chi connectivity index (χ0v) is 11.3. The van der Waals surface area contributed by atoms with Crippen molar-refractivity contribution in [2.45, 2.75) is 30.7 Å². The number of rotatable bonds is 1. The molecule has 2 N–H and O–H groups in total. The highest BCUT2D eigenvalue weighted by molar-refractivity contribution is 9.10. The van der Waals surface area contributed by atoms with Crippen LogP contribution in [0.25, 0.3) is 0 Å². The molecule has 0 bridgehead atoms. The number of imide groups is 1. The quantitative estimate of drug-likeness (QED) is 0.782. The molecule has 1 heterocycles. The molecular formula is C13H13BrN2O2. The summed E-state index contributed by atoms with van der Waals surface area (Å²) in [5.41, 5.74) is 0.554. The average Bonchev–Trinajstić information content (AvgIpc) is 2.86. The number of halogens is 1. The third-order valence-electron chi connectivity index (χ3n) is 3.87. The highest BCUT2D eigenvalue weighted by atomic mass is 79.9. The molecule has 94 valence electrons. The molecule has 1 aliphatic carbocycles. The zero-order valence-electron chi connectivity index (χ0n) is 9.70. The second kappa shape index (κ2) is 4.09. The molecule has 1 saturated carbocycles. The molecule has 3 rings (SSSR count). The Morgan fingerprint density at radius 1 is 1.22 bits per heavy atom. The number of hydrogen-bond acceptors (Lipinski definition) is 2. The summed E-state index contributed by atoms with van der Waals surface area (Å²) in [5.74, 6) is 0.161. The number of urea groups is 1. The van der Waals surface area contributed by atoms with E-state index in [4.69, 9.17) is 0 Å². The Hall–Kier alpha value is -1.36. The first-order valence-electron chi connectivity index (χ1n) is 5.98. The number of carbonyl (C=O) groups excluding carboxylic acids is 2. The molecule has 1 aliphatic heterocycles. The summed E-state index contributed by atoms with van der Waals surface area (Å²) in [5, 5.41) is 5.12. The highest BCUT2D eigenvalue weighted by Gasteiger charge is 2.51. The third kappa shape index (κ3) is 1.82. The van der Waals surface area contributed by atoms with E-state index in [9.17, 15) is 9.59 Å². The first-order valence-corrected chi connectivity index (χ1v) is 6.77. The summed E-state index contributed by atoms with van der Waals surface area (Å²) < 4.78 is 1.05. The van der Waals surface area contributed by atoms with Crippen LogP contribution in [0.5, 0.6) is 0 Å². The SMILES string of the molecule is O=C1NC(=O)[C@]2(CC[C@H](c3ccc(Br)cc3)C2)N1. The number of nitrogens with one attached hydrogen (secondary N) is 2. The van der Waals surface area contributed by atoms with Gasteiger partial charge in [-0.25, -0.2) is 4.79 Å². The number of benzene rings is 1. The highest BCUT2D eigenvalue weighted by Crippen LogP contribution is 2.42. The molecule has 2 aliphatic rings. The first kappa shape index (κ1) is 11.7. The predicted octanol–water partition coefficient (Wildman–Crippen LogP) is 2.29. The molecule has 1 aromatic carbocycles. The fraction of sp³-hybridized carbons (Fsp3) is 0.385. The lowest BCUT2D eigenvalue weighted by Gasteiger charge is -2.19. The van der Waals surface area contributed by atoms with E-state index in [0.29, 0.717) is 18.8 Å². The summed E-state index contributed by atoms with van der Waals surface area (Å²) in [6.45, 7) is 0. The van der Waals surface area contributed by atoms with Gasteiger partial charge in [0.25, 0.3) is 5.91 Å². The van der Waals surface area contributed by atoms with Crippen LogP contribution in [-0.4, -0.2) is 17.5 Å². The maximum atomic E-state index is 11.8. The lowest BCUT2D eigenvalue weighted by atomic mass is 9.92. The number of carbonyl (C=O) groups is 2. The minimum atomic E-state index is -0.672. The molecular weight excluding hydrogens is 296 g/mol. The van der Waals surface area contributed by atoms with Crippen molar-refractivity contribution in [2.24, 2.45) is 0 Å². The largest absolute Gasteiger partial charge is 0.323 e. The van der Waals surface area contributed by atoms with Crippen LogP contribution in [0.2, 0.25) is 0 Å². The third-order valence-corrected chi connectivity index (χ3v) is 4.40. The van der Waals surface area contributed by atoms with E-state index in [-0.39, 0.29) is 11.9 Å². The summed E-state index contributed by atoms with van der Waals surface area (Å²) in [6.07, 6.45) is 2.33. The minimum Gasteiger partial charge on any atom is -0.323 e. The van der Waals surface area contributed by atoms with E-state index >= 15 is 0 Å². The van der Waals surface area contributed by atoms with Crippen molar-refractivity contribution in [3.05, 3.63) is 34.3 Å². The maximum absolute atomic E-state index is 11.8. The van der Waals surface area contributed by atoms with Crippen LogP contribution in [0.1, 0.15) is 30.7 Å². The van der Waals surface area contributed by atoms with E-state index < -0.39 is 5.54 Å². The van der Waals surface area contributed by atoms with Gasteiger partial charge < -0.3 is 5.32 Å². The first-order chi connectivity index (χ1) is 8.59. The van der Waals surface area contributed by atoms with Gasteiger partial charge in [-0.2, -0.15) is 0 Å². The Balaban J connectivity index is 1.81. The van der Waals surface area contributed by atoms with Gasteiger partial charge in [0, 0.05) is 4.47 Å². The monoisotopic (exact) mass is 308 g/mol. The Morgan fingerprint density at radius 3 is 2.56 bits per heavy atom. The Labute approximate surface area is 113 Å². The maximum Gasteiger partial charge on any atom is 0.322 e. The van der Waals surface area contributed by atoms with Crippen LogP contribution < -0.4 is 10.6 Å². The van der Waals surface area contributed by atoms with Gasteiger partial charge in [0.15, 0.2) is 0 Å². The molecule has 0 unspecified atom stereocenters. The summed E-state index contributed by atoms with van der Waals surface area (Å²) in [6, 6.07) is 7.79. The van der Waals surface area contributed by atoms with E-state index in [2.05, 4.69) is 38.7 Å². The standard InChI is InChI=1S/C13H13BrN2O2/c14-10-3-1-8(2-4-10)9-5-6-13(7-9)11(17)15-12(18)16-13/h1-4,9H,5-7H2,(H2,15,16,17,18)/t9-,13+/m0/s1. The second-order valence-corrected chi connectivity index (χ2v) is 5.90. The molecule has 1 aromatic rings. The van der Waals surface area contributed by atoms with Gasteiger partial charge in [0.2, 0.25) is 0 Å². The topological polar surface area (TPSA) is 58.2 Å². The molecule has 3 amide bonds. The van der Waals surface area contributed by atoms with Crippen LogP contribution in [0, 0.1) is 0 Å². The predicted molar refractivity (Wildman–Crippen MR) is 70.1 cm³/mol. The molecule has 2 fully saturated rings. The molecule has 18 heavy (non-hydrogen) atoms. The molecule has 4 nitrogen and oxygen atoms in total. The van der Waals surface area contributed by atoms with Gasteiger partial charge in [-0.05, 0) is 42.9 Å². The minimum absolute atomic E-state index is 0.174. The zero-order chi connectivity index (χ0) is 12.8. The molecule has 1 spiro atoms. The Bertz CT molecular complexity index is 514. The lowest BCUT2D eigenvalue weighted by Crippen LogP contribution is -2.44. The molecule has 5 heteroatoms. The summed E-state index contributed by atoms with van der Waals surface area (Å²) in [4.78, 5) is 23.1. The fourth-order valence-corrected chi connectivity index (χ4v) is 3.18. The Kier molecular flexibility index (Phi) is 2.66. The van der Waals surface area contributed by atoms with Gasteiger partial charge in [0.1, 0.15) is 5.54 Å². The molecule has 0 aromatic heterocycles. The van der Waals surface area contributed by atoms with E-state index in [1.165, 1.54) is 5.56 Å². The molecule has 0 radical (unpaired) electrons. The fourth-order valence-electron chi connectivity index (χ4n) is 2.91. The van der Waals surface area contributed by atoms with Crippen molar-refractivity contribution >= 4 is 27.9 Å². The van der Waals surface area contributed by atoms with Crippen molar-refractivity contribution in [2.75, 3.05) is 0 Å². The summed E-state index contributed by atoms with van der Waals surface area (Å²) in [7, 11) is 0. The van der Waals surface area contributed by atoms with Crippen LogP contribution in [0.4, 0.5) is 4.79 Å². The van der Waals surface area contributed by atoms with Gasteiger partial charge in [-0.15, -0.1) is 0 Å². The van der Waals surface area contributed by atoms with Crippen LogP contribution in [0.15, 0.2) is 28.7 Å². The lowest BCUT2D eigenvalue weighted by molar-refractivity contribution is -0.123. The Morgan fingerprint density at radius 2 is 1.94 bits per heavy atom. The van der Waals surface area contributed by atoms with Crippen LogP contribution in [-0.2, 0) is 4.79 Å². The van der Waals surface area contributed by atoms with Gasteiger partial charge in [-0.1, -0.05) is 28.1 Å². The number of amides is 3. The molecule has 2 atom stereocenters. The van der Waals surface area contributed by atoms with Crippen molar-refractivity contribution in [3.8, 4) is 0 Å². The van der Waals surface area contributed by atoms with Crippen molar-refractivity contribution in [1.82, 2.24) is 10.6 Å². The van der Waals surface area contributed by atoms with Crippen molar-refractivity contribution in [3.63, 3.8) is 0 Å². The van der Waals surface area contributed by atoms with Gasteiger partial charge >= 0.3 is 6.03 Å². The summed E-state index contributed by atoms with van der Waals surface area (Å²) >= 11 is 3.41. The van der Waals surface area contributed by atoms with Crippen molar-refractivity contribution < 1.29 is 9.59 Å². The van der Waals surface area contributed by atoms with E-state index in [1.54, 1.807) is 0 Å². The van der Waals surface area contributed by atoms with E-state index in [1.807, 2.05) is 12.1 Å². The van der Waals surface area contributed by atoms with E-state index in [0.717, 1.165) is 10.9 Å². The van der Waals surface area contributed by atoms with Gasteiger partial charge in [0.05, 0.1) is 0 Å². The van der Waals surface area contributed by atoms with Crippen LogP contribution in [0.3, 0.4) is 0 Å². The number of hydrogen-bond donors (Lipinski definition) is 2. The van der Waals surface area contributed by atoms with Crippen molar-refractivity contribution in [1.29, 1.82) is 0 Å². The normalized spacial score (nSPS) is 30.6. The molecule has 1 saturated heterocycles. The van der Waals surface area contributed by atoms with Crippen LogP contribution >= 0.6 is 15.9 Å². The smallest absolute Gasteiger partial charge is 0.322 e. The van der Waals surface area contributed by atoms with Gasteiger partial charge in [-0.3, -0.25) is 10.1 Å². The average molecular weight is 309 g/mol. The second-order valence-electron chi connectivity index (χ2n) is 4.98.